The second-order valence-electron chi connectivity index (χ2n) is 3.85. The van der Waals surface area contributed by atoms with E-state index in [0.29, 0.717) is 12.2 Å². The highest BCUT2D eigenvalue weighted by Crippen LogP contribution is 2.28. The van der Waals surface area contributed by atoms with Crippen LogP contribution < -0.4 is 4.74 Å². The Morgan fingerprint density at radius 3 is 2.90 bits per heavy atom. The number of carboxylic acid groups (broad SMARTS) is 1. The third-order valence-corrected chi connectivity index (χ3v) is 3.05. The first kappa shape index (κ1) is 16.0. The molecule has 6 nitrogen and oxygen atoms in total. The molecule has 1 N–H and O–H groups in total. The minimum absolute atomic E-state index is 0.123. The molecule has 0 radical (unpaired) electrons. The van der Waals surface area contributed by atoms with Gasteiger partial charge in [-0.3, -0.25) is 10.1 Å². The van der Waals surface area contributed by atoms with Gasteiger partial charge < -0.3 is 9.84 Å². The predicted octanol–water partition coefficient (Wildman–Crippen LogP) is 2.82. The number of hydrogen-bond donors (Lipinski definition) is 1. The fraction of sp³-hybridized carbons (Fsp3) is 0.308. The van der Waals surface area contributed by atoms with E-state index < -0.39 is 10.9 Å². The van der Waals surface area contributed by atoms with Gasteiger partial charge in [0, 0.05) is 12.1 Å². The van der Waals surface area contributed by atoms with Gasteiger partial charge >= 0.3 is 11.7 Å². The van der Waals surface area contributed by atoms with Crippen molar-refractivity contribution in [2.75, 3.05) is 18.6 Å². The first-order valence-corrected chi connectivity index (χ1v) is 7.25. The van der Waals surface area contributed by atoms with Crippen molar-refractivity contribution in [3.8, 4) is 5.75 Å². The Kier molecular flexibility index (Phi) is 6.58. The monoisotopic (exact) mass is 297 g/mol. The summed E-state index contributed by atoms with van der Waals surface area (Å²) in [6, 6.07) is 4.26. The lowest BCUT2D eigenvalue weighted by Crippen LogP contribution is -2.02. The van der Waals surface area contributed by atoms with Crippen molar-refractivity contribution in [2.45, 2.75) is 6.42 Å². The van der Waals surface area contributed by atoms with E-state index in [9.17, 15) is 14.9 Å². The fourth-order valence-corrected chi connectivity index (χ4v) is 1.86. The molecule has 0 saturated heterocycles. The van der Waals surface area contributed by atoms with Crippen molar-refractivity contribution in [3.63, 3.8) is 0 Å². The van der Waals surface area contributed by atoms with Crippen LogP contribution in [0.5, 0.6) is 5.75 Å². The highest BCUT2D eigenvalue weighted by atomic mass is 32.2. The lowest BCUT2D eigenvalue weighted by atomic mass is 10.1. The lowest BCUT2D eigenvalue weighted by molar-refractivity contribution is -0.385. The van der Waals surface area contributed by atoms with Crippen LogP contribution in [0.3, 0.4) is 0 Å². The van der Waals surface area contributed by atoms with Crippen molar-refractivity contribution in [2.24, 2.45) is 0 Å². The molecule has 0 unspecified atom stereocenters. The van der Waals surface area contributed by atoms with Crippen LogP contribution in [-0.2, 0) is 4.79 Å². The Morgan fingerprint density at radius 2 is 2.30 bits per heavy atom. The number of nitro groups is 1. The van der Waals surface area contributed by atoms with Gasteiger partial charge in [-0.15, -0.1) is 0 Å². The third kappa shape index (κ3) is 5.31. The molecule has 0 heterocycles. The third-order valence-electron chi connectivity index (χ3n) is 2.35. The van der Waals surface area contributed by atoms with E-state index in [1.165, 1.54) is 24.3 Å². The minimum Gasteiger partial charge on any atom is -0.487 e. The molecule has 20 heavy (non-hydrogen) atoms. The first-order valence-electron chi connectivity index (χ1n) is 5.85. The average Bonchev–Trinajstić information content (AvgIpc) is 2.41. The van der Waals surface area contributed by atoms with Gasteiger partial charge in [0.2, 0.25) is 0 Å². The number of benzene rings is 1. The van der Waals surface area contributed by atoms with Gasteiger partial charge in [-0.25, -0.2) is 4.79 Å². The molecule has 0 atom stereocenters. The number of carbonyl (C=O) groups is 1. The Labute approximate surface area is 120 Å². The summed E-state index contributed by atoms with van der Waals surface area (Å²) in [6.45, 7) is 0.383. The van der Waals surface area contributed by atoms with Gasteiger partial charge in [0.25, 0.3) is 0 Å². The van der Waals surface area contributed by atoms with Crippen LogP contribution >= 0.6 is 11.8 Å². The Balaban J connectivity index is 2.88. The molecule has 0 amide bonds. The van der Waals surface area contributed by atoms with Crippen LogP contribution in [0.15, 0.2) is 24.3 Å². The normalized spacial score (nSPS) is 10.7. The maximum atomic E-state index is 10.9. The fourth-order valence-electron chi connectivity index (χ4n) is 1.45. The molecular weight excluding hydrogens is 282 g/mol. The zero-order valence-electron chi connectivity index (χ0n) is 10.9. The van der Waals surface area contributed by atoms with Gasteiger partial charge in [-0.05, 0) is 42.2 Å². The second kappa shape index (κ2) is 8.21. The summed E-state index contributed by atoms with van der Waals surface area (Å²) < 4.78 is 5.41. The average molecular weight is 297 g/mol. The van der Waals surface area contributed by atoms with Crippen LogP contribution in [-0.4, -0.2) is 34.6 Å². The summed E-state index contributed by atoms with van der Waals surface area (Å²) >= 11 is 1.67. The molecule has 0 aliphatic carbocycles. The van der Waals surface area contributed by atoms with E-state index in [2.05, 4.69) is 0 Å². The topological polar surface area (TPSA) is 89.7 Å². The van der Waals surface area contributed by atoms with Gasteiger partial charge in [-0.1, -0.05) is 0 Å². The van der Waals surface area contributed by atoms with Crippen LogP contribution in [0.2, 0.25) is 0 Å². The lowest BCUT2D eigenvalue weighted by Gasteiger charge is -2.07. The van der Waals surface area contributed by atoms with E-state index in [1.807, 2.05) is 6.26 Å². The van der Waals surface area contributed by atoms with Crippen molar-refractivity contribution < 1.29 is 19.6 Å². The van der Waals surface area contributed by atoms with Gasteiger partial charge in [0.15, 0.2) is 5.75 Å². The van der Waals surface area contributed by atoms with Crippen LogP contribution in [0.1, 0.15) is 12.0 Å². The van der Waals surface area contributed by atoms with E-state index in [-0.39, 0.29) is 11.4 Å². The Hall–Kier alpha value is -2.02. The van der Waals surface area contributed by atoms with Crippen molar-refractivity contribution in [1.29, 1.82) is 0 Å². The van der Waals surface area contributed by atoms with Gasteiger partial charge in [-0.2, -0.15) is 11.8 Å². The molecule has 1 aromatic rings. The molecule has 0 spiro atoms. The Bertz CT molecular complexity index is 515. The zero-order valence-corrected chi connectivity index (χ0v) is 11.8. The molecule has 0 aliphatic heterocycles. The van der Waals surface area contributed by atoms with Crippen LogP contribution in [0.25, 0.3) is 6.08 Å². The van der Waals surface area contributed by atoms with E-state index in [4.69, 9.17) is 9.84 Å². The molecule has 0 aromatic heterocycles. The number of hydrogen-bond acceptors (Lipinski definition) is 5. The maximum absolute atomic E-state index is 10.9. The smallest absolute Gasteiger partial charge is 0.328 e. The summed E-state index contributed by atoms with van der Waals surface area (Å²) in [5.41, 5.74) is 0.416. The minimum atomic E-state index is -1.08. The number of aliphatic carboxylic acids is 1. The predicted molar refractivity (Wildman–Crippen MR) is 78.3 cm³/mol. The molecular formula is C13H15NO5S. The van der Waals surface area contributed by atoms with Crippen molar-refractivity contribution in [1.82, 2.24) is 0 Å². The highest BCUT2D eigenvalue weighted by molar-refractivity contribution is 7.98. The number of carboxylic acids is 1. The molecule has 1 rings (SSSR count). The summed E-state index contributed by atoms with van der Waals surface area (Å²) in [5.74, 6) is -0.0127. The standard InChI is InChI=1S/C13H15NO5S/c1-20-8-2-7-19-12-9-10(4-6-13(15)16)3-5-11(12)14(17)18/h3-6,9H,2,7-8H2,1H3,(H,15,16)/b6-4+. The van der Waals surface area contributed by atoms with Crippen molar-refractivity contribution in [3.05, 3.63) is 40.0 Å². The molecule has 0 bridgehead atoms. The second-order valence-corrected chi connectivity index (χ2v) is 4.84. The first-order chi connectivity index (χ1) is 9.54. The largest absolute Gasteiger partial charge is 0.487 e. The molecule has 108 valence electrons. The number of ether oxygens (including phenoxy) is 1. The summed E-state index contributed by atoms with van der Waals surface area (Å²) in [7, 11) is 0. The van der Waals surface area contributed by atoms with Crippen molar-refractivity contribution >= 4 is 29.5 Å². The van der Waals surface area contributed by atoms with E-state index >= 15 is 0 Å². The molecule has 0 aliphatic rings. The van der Waals surface area contributed by atoms with E-state index in [0.717, 1.165) is 18.2 Å². The maximum Gasteiger partial charge on any atom is 0.328 e. The molecule has 0 fully saturated rings. The molecule has 0 saturated carbocycles. The highest BCUT2D eigenvalue weighted by Gasteiger charge is 2.15. The van der Waals surface area contributed by atoms with Crippen LogP contribution in [0, 0.1) is 10.1 Å². The van der Waals surface area contributed by atoms with E-state index in [1.54, 1.807) is 11.8 Å². The number of nitro benzene ring substituents is 1. The Morgan fingerprint density at radius 1 is 1.55 bits per heavy atom. The summed E-state index contributed by atoms with van der Waals surface area (Å²) in [5, 5.41) is 19.5. The molecule has 1 aromatic carbocycles. The summed E-state index contributed by atoms with van der Waals surface area (Å²) in [4.78, 5) is 20.8. The van der Waals surface area contributed by atoms with Gasteiger partial charge in [0.1, 0.15) is 0 Å². The van der Waals surface area contributed by atoms with Gasteiger partial charge in [0.05, 0.1) is 11.5 Å². The number of thioether (sulfide) groups is 1. The zero-order chi connectivity index (χ0) is 15.0. The van der Waals surface area contributed by atoms with Crippen LogP contribution in [0.4, 0.5) is 5.69 Å². The quantitative estimate of drug-likeness (QED) is 0.343. The SMILES string of the molecule is CSCCCOc1cc(/C=C/C(=O)O)ccc1[N+](=O)[O-]. The summed E-state index contributed by atoms with van der Waals surface area (Å²) in [6.07, 6.45) is 5.09. The number of rotatable bonds is 8. The molecule has 7 heteroatoms. The number of nitrogens with zero attached hydrogens (tertiary/aromatic N) is 1.